The summed E-state index contributed by atoms with van der Waals surface area (Å²) in [7, 11) is 0. The van der Waals surface area contributed by atoms with Gasteiger partial charge in [-0.1, -0.05) is 17.8 Å². The quantitative estimate of drug-likeness (QED) is 0.276. The summed E-state index contributed by atoms with van der Waals surface area (Å²) in [6.45, 7) is 2.75. The van der Waals surface area contributed by atoms with Gasteiger partial charge in [0.2, 0.25) is 5.91 Å². The average molecular weight is 500 g/mol. The fourth-order valence-corrected chi connectivity index (χ4v) is 7.07. The number of hydrogen-bond donors (Lipinski definition) is 1. The van der Waals surface area contributed by atoms with Gasteiger partial charge in [0.1, 0.15) is 10.6 Å². The highest BCUT2D eigenvalue weighted by molar-refractivity contribution is 8.00. The zero-order valence-corrected chi connectivity index (χ0v) is 20.8. The summed E-state index contributed by atoms with van der Waals surface area (Å²) >= 11 is 4.65. The van der Waals surface area contributed by atoms with Crippen LogP contribution in [-0.4, -0.2) is 27.3 Å². The Balaban J connectivity index is 1.41. The molecule has 0 spiro atoms. The van der Waals surface area contributed by atoms with Crippen LogP contribution < -0.4 is 10.9 Å². The minimum absolute atomic E-state index is 0.0383. The van der Waals surface area contributed by atoms with Crippen LogP contribution in [0.2, 0.25) is 0 Å². The van der Waals surface area contributed by atoms with Crippen molar-refractivity contribution < 1.29 is 9.21 Å². The molecule has 6 nitrogen and oxygen atoms in total. The number of fused-ring (bicyclic) bond motifs is 3. The lowest BCUT2D eigenvalue weighted by molar-refractivity contribution is -0.120. The number of hydrogen-bond acceptors (Lipinski definition) is 7. The maximum Gasteiger partial charge on any atom is 0.263 e. The van der Waals surface area contributed by atoms with Gasteiger partial charge in [-0.2, -0.15) is 0 Å². The topological polar surface area (TPSA) is 77.1 Å². The van der Waals surface area contributed by atoms with E-state index >= 15 is 0 Å². The van der Waals surface area contributed by atoms with Crippen LogP contribution in [-0.2, 0) is 30.6 Å². The molecule has 1 atom stereocenters. The van der Waals surface area contributed by atoms with Crippen molar-refractivity contribution in [1.29, 1.82) is 0 Å². The molecule has 1 N–H and O–H groups in total. The lowest BCUT2D eigenvalue weighted by atomic mass is 9.97. The van der Waals surface area contributed by atoms with E-state index in [4.69, 9.17) is 9.40 Å². The first-order chi connectivity index (χ1) is 16.1. The molecule has 0 aromatic carbocycles. The van der Waals surface area contributed by atoms with Crippen LogP contribution in [0.1, 0.15) is 40.8 Å². The van der Waals surface area contributed by atoms with Gasteiger partial charge in [-0.25, -0.2) is 4.98 Å². The molecule has 33 heavy (non-hydrogen) atoms. The van der Waals surface area contributed by atoms with Crippen LogP contribution >= 0.6 is 34.4 Å². The second-order valence-corrected chi connectivity index (χ2v) is 11.6. The normalized spacial score (nSPS) is 14.3. The van der Waals surface area contributed by atoms with Crippen LogP contribution in [0.4, 0.5) is 0 Å². The molecule has 4 heterocycles. The Hall–Kier alpha value is -2.36. The van der Waals surface area contributed by atoms with E-state index in [-0.39, 0.29) is 16.7 Å². The lowest BCUT2D eigenvalue weighted by Crippen LogP contribution is -2.33. The molecule has 0 fully saturated rings. The number of aryl methyl sites for hydroxylation is 2. The van der Waals surface area contributed by atoms with E-state index in [9.17, 15) is 9.59 Å². The van der Waals surface area contributed by atoms with Crippen LogP contribution in [0.25, 0.3) is 10.2 Å². The monoisotopic (exact) mass is 499 g/mol. The molecule has 0 saturated carbocycles. The van der Waals surface area contributed by atoms with Crippen molar-refractivity contribution in [2.75, 3.05) is 6.54 Å². The van der Waals surface area contributed by atoms with Crippen LogP contribution in [0.15, 0.2) is 50.3 Å². The van der Waals surface area contributed by atoms with Crippen molar-refractivity contribution in [3.63, 3.8) is 0 Å². The van der Waals surface area contributed by atoms with Crippen LogP contribution in [0.5, 0.6) is 0 Å². The highest BCUT2D eigenvalue weighted by Crippen LogP contribution is 2.35. The highest BCUT2D eigenvalue weighted by Gasteiger charge is 2.24. The van der Waals surface area contributed by atoms with Gasteiger partial charge in [0.15, 0.2) is 5.16 Å². The van der Waals surface area contributed by atoms with Crippen molar-refractivity contribution in [2.24, 2.45) is 0 Å². The van der Waals surface area contributed by atoms with Gasteiger partial charge in [0, 0.05) is 16.3 Å². The third kappa shape index (κ3) is 4.81. The van der Waals surface area contributed by atoms with Gasteiger partial charge in [-0.3, -0.25) is 14.2 Å². The van der Waals surface area contributed by atoms with Crippen molar-refractivity contribution >= 4 is 50.6 Å². The van der Waals surface area contributed by atoms with Crippen LogP contribution in [0.3, 0.4) is 0 Å². The number of furan rings is 1. The van der Waals surface area contributed by atoms with E-state index < -0.39 is 0 Å². The van der Waals surface area contributed by atoms with Crippen molar-refractivity contribution in [2.45, 2.75) is 56.0 Å². The fourth-order valence-electron chi connectivity index (χ4n) is 4.13. The van der Waals surface area contributed by atoms with E-state index in [2.05, 4.69) is 11.4 Å². The van der Waals surface area contributed by atoms with E-state index in [1.54, 1.807) is 33.5 Å². The van der Waals surface area contributed by atoms with Gasteiger partial charge < -0.3 is 9.73 Å². The van der Waals surface area contributed by atoms with E-state index in [1.807, 2.05) is 30.5 Å². The van der Waals surface area contributed by atoms with Crippen molar-refractivity contribution in [3.05, 3.63) is 67.3 Å². The Kier molecular flexibility index (Phi) is 6.71. The third-order valence-corrected chi connectivity index (χ3v) is 9.05. The molecule has 5 rings (SSSR count). The number of nitrogens with zero attached hydrogens (tertiary/aromatic N) is 2. The Morgan fingerprint density at radius 1 is 1.30 bits per heavy atom. The highest BCUT2D eigenvalue weighted by atomic mass is 32.2. The number of thioether (sulfide) groups is 1. The summed E-state index contributed by atoms with van der Waals surface area (Å²) < 4.78 is 7.19. The van der Waals surface area contributed by atoms with Crippen LogP contribution in [0, 0.1) is 0 Å². The number of aromatic nitrogens is 2. The Bertz CT molecular complexity index is 1310. The summed E-state index contributed by atoms with van der Waals surface area (Å²) in [4.78, 5) is 34.6. The zero-order valence-electron chi connectivity index (χ0n) is 18.3. The Morgan fingerprint density at radius 3 is 2.97 bits per heavy atom. The third-order valence-electron chi connectivity index (χ3n) is 5.84. The summed E-state index contributed by atoms with van der Waals surface area (Å²) in [6.07, 6.45) is 6.63. The predicted octanol–water partition coefficient (Wildman–Crippen LogP) is 4.88. The summed E-state index contributed by atoms with van der Waals surface area (Å²) in [5.41, 5.74) is 1.13. The number of thiophene rings is 2. The number of carbonyl (C=O) groups is 1. The maximum atomic E-state index is 13.6. The molecule has 172 valence electrons. The molecule has 9 heteroatoms. The zero-order chi connectivity index (χ0) is 22.8. The second-order valence-electron chi connectivity index (χ2n) is 8.14. The van der Waals surface area contributed by atoms with E-state index in [1.165, 1.54) is 27.1 Å². The molecular formula is C24H25N3O3S3. The van der Waals surface area contributed by atoms with Gasteiger partial charge in [-0.05, 0) is 68.2 Å². The number of carbonyl (C=O) groups excluding carboxylic acids is 1. The Labute approximate surface area is 204 Å². The molecule has 1 unspecified atom stereocenters. The first-order valence-corrected chi connectivity index (χ1v) is 13.7. The van der Waals surface area contributed by atoms with Gasteiger partial charge in [0.05, 0.1) is 23.4 Å². The minimum atomic E-state index is -0.380. The molecule has 0 radical (unpaired) electrons. The standard InChI is InChI=1S/C24H25N3O3S3/c1-15(21(28)25-11-10-17-7-5-13-31-17)32-24-26-22-20(18-8-2-3-9-19(18)33-22)23(29)27(24)14-16-6-4-12-30-16/h4-7,12-13,15H,2-3,8-11,14H2,1H3,(H,25,28). The maximum absolute atomic E-state index is 13.6. The largest absolute Gasteiger partial charge is 0.467 e. The Morgan fingerprint density at radius 2 is 2.18 bits per heavy atom. The van der Waals surface area contributed by atoms with Crippen molar-refractivity contribution in [1.82, 2.24) is 14.9 Å². The van der Waals surface area contributed by atoms with Gasteiger partial charge in [-0.15, -0.1) is 22.7 Å². The molecule has 1 amide bonds. The minimum Gasteiger partial charge on any atom is -0.467 e. The molecule has 1 aliphatic carbocycles. The first kappa shape index (κ1) is 22.4. The molecule has 4 aromatic heterocycles. The predicted molar refractivity (Wildman–Crippen MR) is 135 cm³/mol. The number of rotatable bonds is 8. The summed E-state index contributed by atoms with van der Waals surface area (Å²) in [6, 6.07) is 7.76. The fraction of sp³-hybridized carbons (Fsp3) is 0.375. The lowest BCUT2D eigenvalue weighted by Gasteiger charge is -2.15. The smallest absolute Gasteiger partial charge is 0.263 e. The molecular weight excluding hydrogens is 474 g/mol. The van der Waals surface area contributed by atoms with E-state index in [0.29, 0.717) is 24.0 Å². The van der Waals surface area contributed by atoms with E-state index in [0.717, 1.165) is 42.3 Å². The SMILES string of the molecule is CC(Sc1nc2sc3c(c2c(=O)n1Cc1ccco1)CCCC3)C(=O)NCCc1cccs1. The first-order valence-electron chi connectivity index (χ1n) is 11.1. The number of amides is 1. The molecule has 0 bridgehead atoms. The second kappa shape index (κ2) is 9.87. The molecule has 0 aliphatic heterocycles. The number of nitrogens with one attached hydrogen (secondary N) is 1. The molecule has 1 aliphatic rings. The molecule has 4 aromatic rings. The summed E-state index contributed by atoms with van der Waals surface area (Å²) in [5.74, 6) is 0.637. The van der Waals surface area contributed by atoms with Gasteiger partial charge in [0.25, 0.3) is 5.56 Å². The average Bonchev–Trinajstić information content (AvgIpc) is 3.57. The van der Waals surface area contributed by atoms with Crippen molar-refractivity contribution in [3.8, 4) is 0 Å². The summed E-state index contributed by atoms with van der Waals surface area (Å²) in [5, 5.41) is 5.98. The van der Waals surface area contributed by atoms with Gasteiger partial charge >= 0.3 is 0 Å². The molecule has 0 saturated heterocycles.